The molecule has 2 aromatic heterocycles. The summed E-state index contributed by atoms with van der Waals surface area (Å²) >= 11 is 0. The van der Waals surface area contributed by atoms with E-state index in [1.807, 2.05) is 17.0 Å². The van der Waals surface area contributed by atoms with Crippen LogP contribution in [0.4, 0.5) is 0 Å². The van der Waals surface area contributed by atoms with Crippen LogP contribution in [0.3, 0.4) is 0 Å². The van der Waals surface area contributed by atoms with Crippen molar-refractivity contribution < 1.29 is 4.79 Å². The van der Waals surface area contributed by atoms with Crippen molar-refractivity contribution in [2.45, 2.75) is 38.4 Å². The van der Waals surface area contributed by atoms with Crippen molar-refractivity contribution >= 4 is 16.8 Å². The van der Waals surface area contributed by atoms with Crippen LogP contribution in [0.5, 0.6) is 0 Å². The second-order valence-corrected chi connectivity index (χ2v) is 6.79. The van der Waals surface area contributed by atoms with Crippen LogP contribution in [-0.4, -0.2) is 31.4 Å². The molecular weight excluding hydrogens is 344 g/mol. The zero-order chi connectivity index (χ0) is 18.8. The molecule has 1 aromatic carbocycles. The van der Waals surface area contributed by atoms with Crippen molar-refractivity contribution in [1.29, 1.82) is 0 Å². The first-order valence-electron chi connectivity index (χ1n) is 9.04. The SMILES string of the molecule is O=C(CCn1c(=O)[nH]c(=O)c2ccccc21)N(Cc1cccnc1)C1CC1. The fourth-order valence-corrected chi connectivity index (χ4v) is 3.31. The molecule has 1 aliphatic rings. The van der Waals surface area contributed by atoms with Crippen LogP contribution in [0.15, 0.2) is 58.4 Å². The van der Waals surface area contributed by atoms with Crippen LogP contribution >= 0.6 is 0 Å². The number of rotatable bonds is 6. The van der Waals surface area contributed by atoms with Gasteiger partial charge in [-0.05, 0) is 36.6 Å². The minimum atomic E-state index is -0.489. The molecule has 4 rings (SSSR count). The molecule has 0 spiro atoms. The van der Waals surface area contributed by atoms with Gasteiger partial charge in [-0.1, -0.05) is 18.2 Å². The molecular formula is C20H20N4O3. The third-order valence-electron chi connectivity index (χ3n) is 4.84. The fourth-order valence-electron chi connectivity index (χ4n) is 3.31. The molecule has 1 fully saturated rings. The van der Waals surface area contributed by atoms with Gasteiger partial charge < -0.3 is 4.90 Å². The smallest absolute Gasteiger partial charge is 0.328 e. The lowest BCUT2D eigenvalue weighted by Gasteiger charge is -2.23. The zero-order valence-electron chi connectivity index (χ0n) is 14.8. The maximum absolute atomic E-state index is 12.8. The summed E-state index contributed by atoms with van der Waals surface area (Å²) in [4.78, 5) is 45.3. The number of hydrogen-bond acceptors (Lipinski definition) is 4. The van der Waals surface area contributed by atoms with Crippen LogP contribution < -0.4 is 11.2 Å². The average molecular weight is 364 g/mol. The van der Waals surface area contributed by atoms with Crippen molar-refractivity contribution in [2.75, 3.05) is 0 Å². The highest BCUT2D eigenvalue weighted by atomic mass is 16.2. The highest BCUT2D eigenvalue weighted by Gasteiger charge is 2.32. The Morgan fingerprint density at radius 2 is 2.00 bits per heavy atom. The molecule has 0 unspecified atom stereocenters. The van der Waals surface area contributed by atoms with Gasteiger partial charge in [0.25, 0.3) is 5.56 Å². The number of para-hydroxylation sites is 1. The van der Waals surface area contributed by atoms with Crippen molar-refractivity contribution in [2.24, 2.45) is 0 Å². The Labute approximate surface area is 155 Å². The number of carbonyl (C=O) groups excluding carboxylic acids is 1. The van der Waals surface area contributed by atoms with Gasteiger partial charge in [0.1, 0.15) is 0 Å². The van der Waals surface area contributed by atoms with Gasteiger partial charge in [-0.15, -0.1) is 0 Å². The predicted molar refractivity (Wildman–Crippen MR) is 101 cm³/mol. The summed E-state index contributed by atoms with van der Waals surface area (Å²) in [7, 11) is 0. The number of aromatic amines is 1. The molecule has 0 saturated heterocycles. The van der Waals surface area contributed by atoms with E-state index in [0.29, 0.717) is 17.4 Å². The highest BCUT2D eigenvalue weighted by Crippen LogP contribution is 2.29. The summed E-state index contributed by atoms with van der Waals surface area (Å²) in [6.07, 6.45) is 5.69. The summed E-state index contributed by atoms with van der Waals surface area (Å²) in [5.74, 6) is 0.00327. The van der Waals surface area contributed by atoms with Gasteiger partial charge in [-0.3, -0.25) is 24.1 Å². The molecule has 0 bridgehead atoms. The van der Waals surface area contributed by atoms with E-state index in [0.717, 1.165) is 18.4 Å². The maximum Gasteiger partial charge on any atom is 0.328 e. The minimum absolute atomic E-state index is 0.00327. The van der Waals surface area contributed by atoms with Gasteiger partial charge in [-0.25, -0.2) is 4.79 Å². The number of amides is 1. The van der Waals surface area contributed by atoms with E-state index in [1.165, 1.54) is 4.57 Å². The topological polar surface area (TPSA) is 88.1 Å². The second-order valence-electron chi connectivity index (χ2n) is 6.79. The Morgan fingerprint density at radius 3 is 2.74 bits per heavy atom. The minimum Gasteiger partial charge on any atom is -0.335 e. The van der Waals surface area contributed by atoms with Gasteiger partial charge in [-0.2, -0.15) is 0 Å². The van der Waals surface area contributed by atoms with Crippen LogP contribution in [0.1, 0.15) is 24.8 Å². The summed E-state index contributed by atoms with van der Waals surface area (Å²) in [5.41, 5.74) is 0.639. The van der Waals surface area contributed by atoms with Crippen LogP contribution in [-0.2, 0) is 17.9 Å². The summed E-state index contributed by atoms with van der Waals surface area (Å²) < 4.78 is 1.46. The van der Waals surface area contributed by atoms with E-state index >= 15 is 0 Å². The quantitative estimate of drug-likeness (QED) is 0.721. The third-order valence-corrected chi connectivity index (χ3v) is 4.84. The lowest BCUT2D eigenvalue weighted by molar-refractivity contribution is -0.132. The Balaban J connectivity index is 1.54. The van der Waals surface area contributed by atoms with E-state index in [4.69, 9.17) is 0 Å². The number of benzene rings is 1. The fraction of sp³-hybridized carbons (Fsp3) is 0.300. The number of pyridine rings is 1. The Hall–Kier alpha value is -3.22. The number of hydrogen-bond donors (Lipinski definition) is 1. The molecule has 0 atom stereocenters. The number of nitrogens with one attached hydrogen (secondary N) is 1. The van der Waals surface area contributed by atoms with Gasteiger partial charge in [0.05, 0.1) is 10.9 Å². The molecule has 7 nitrogen and oxygen atoms in total. The van der Waals surface area contributed by atoms with Crippen molar-refractivity contribution in [3.05, 3.63) is 75.2 Å². The number of aryl methyl sites for hydroxylation is 1. The maximum atomic E-state index is 12.8. The largest absolute Gasteiger partial charge is 0.335 e. The van der Waals surface area contributed by atoms with Gasteiger partial charge in [0.2, 0.25) is 5.91 Å². The van der Waals surface area contributed by atoms with Gasteiger partial charge >= 0.3 is 5.69 Å². The normalized spacial score (nSPS) is 13.6. The van der Waals surface area contributed by atoms with Crippen LogP contribution in [0, 0.1) is 0 Å². The number of fused-ring (bicyclic) bond motifs is 1. The number of aromatic nitrogens is 3. The predicted octanol–water partition coefficient (Wildman–Crippen LogP) is 1.67. The zero-order valence-corrected chi connectivity index (χ0v) is 14.8. The lowest BCUT2D eigenvalue weighted by Crippen LogP contribution is -2.35. The van der Waals surface area contributed by atoms with Gasteiger partial charge in [0.15, 0.2) is 0 Å². The summed E-state index contributed by atoms with van der Waals surface area (Å²) in [5, 5.41) is 0.443. The molecule has 1 amide bonds. The molecule has 7 heteroatoms. The van der Waals surface area contributed by atoms with Crippen LogP contribution in [0.2, 0.25) is 0 Å². The number of nitrogens with zero attached hydrogens (tertiary/aromatic N) is 3. The molecule has 138 valence electrons. The Kier molecular flexibility index (Phi) is 4.58. The Morgan fingerprint density at radius 1 is 1.19 bits per heavy atom. The first kappa shape index (κ1) is 17.2. The van der Waals surface area contributed by atoms with E-state index in [9.17, 15) is 14.4 Å². The van der Waals surface area contributed by atoms with Crippen LogP contribution in [0.25, 0.3) is 10.9 Å². The molecule has 27 heavy (non-hydrogen) atoms. The first-order chi connectivity index (χ1) is 13.1. The monoisotopic (exact) mass is 364 g/mol. The average Bonchev–Trinajstić information content (AvgIpc) is 3.51. The highest BCUT2D eigenvalue weighted by molar-refractivity contribution is 5.79. The van der Waals surface area contributed by atoms with Crippen molar-refractivity contribution in [3.8, 4) is 0 Å². The number of H-pyrrole nitrogens is 1. The van der Waals surface area contributed by atoms with Crippen molar-refractivity contribution in [1.82, 2.24) is 19.4 Å². The van der Waals surface area contributed by atoms with E-state index in [1.54, 1.807) is 36.7 Å². The van der Waals surface area contributed by atoms with E-state index < -0.39 is 11.2 Å². The second kappa shape index (κ2) is 7.19. The Bertz CT molecular complexity index is 1080. The molecule has 1 aliphatic carbocycles. The molecule has 1 saturated carbocycles. The molecule has 0 radical (unpaired) electrons. The van der Waals surface area contributed by atoms with Gasteiger partial charge in [0, 0.05) is 37.9 Å². The molecule has 3 aromatic rings. The molecule has 0 aliphatic heterocycles. The van der Waals surface area contributed by atoms with E-state index in [-0.39, 0.29) is 24.9 Å². The van der Waals surface area contributed by atoms with Crippen molar-refractivity contribution in [3.63, 3.8) is 0 Å². The molecule has 2 heterocycles. The first-order valence-corrected chi connectivity index (χ1v) is 9.04. The number of carbonyl (C=O) groups is 1. The molecule has 1 N–H and O–H groups in total. The lowest BCUT2D eigenvalue weighted by atomic mass is 10.2. The standard InChI is InChI=1S/C20H20N4O3/c25-18(24(15-7-8-15)13-14-4-3-10-21-12-14)9-11-23-17-6-2-1-5-16(17)19(26)22-20(23)27/h1-6,10,12,15H,7-9,11,13H2,(H,22,26,27). The summed E-state index contributed by atoms with van der Waals surface area (Å²) in [6.45, 7) is 0.754. The summed E-state index contributed by atoms with van der Waals surface area (Å²) in [6, 6.07) is 11.0. The van der Waals surface area contributed by atoms with E-state index in [2.05, 4.69) is 9.97 Å². The third kappa shape index (κ3) is 3.67.